The van der Waals surface area contributed by atoms with Gasteiger partial charge in [-0.1, -0.05) is 29.8 Å². The van der Waals surface area contributed by atoms with E-state index in [0.717, 1.165) is 16.5 Å². The number of nitrogens with zero attached hydrogens (tertiary/aromatic N) is 1. The van der Waals surface area contributed by atoms with Gasteiger partial charge in [0.15, 0.2) is 6.61 Å². The maximum atomic E-state index is 12.1. The monoisotopic (exact) mass is 475 g/mol. The number of benzene rings is 3. The number of H-pyrrole nitrogens is 1. The van der Waals surface area contributed by atoms with Crippen molar-refractivity contribution in [2.45, 2.75) is 6.92 Å². The van der Waals surface area contributed by atoms with E-state index in [1.165, 1.54) is 0 Å². The molecule has 3 amide bonds. The quantitative estimate of drug-likeness (QED) is 0.213. The summed E-state index contributed by atoms with van der Waals surface area (Å²) in [6.45, 7) is 1.63. The number of amides is 3. The average Bonchev–Trinajstić information content (AvgIpc) is 3.28. The number of halogens is 1. The molecule has 0 saturated carbocycles. The number of rotatable bonds is 7. The molecule has 0 fully saturated rings. The molecule has 3 aromatic carbocycles. The van der Waals surface area contributed by atoms with E-state index in [1.807, 2.05) is 37.4 Å². The van der Waals surface area contributed by atoms with Crippen molar-refractivity contribution in [3.05, 3.63) is 89.6 Å². The Bertz CT molecular complexity index is 1330. The highest BCUT2D eigenvalue weighted by Gasteiger charge is 2.08. The molecule has 172 valence electrons. The lowest BCUT2D eigenvalue weighted by molar-refractivity contribution is -0.123. The van der Waals surface area contributed by atoms with Gasteiger partial charge in [0.1, 0.15) is 5.75 Å². The maximum absolute atomic E-state index is 12.1. The van der Waals surface area contributed by atoms with E-state index in [2.05, 4.69) is 26.1 Å². The minimum Gasteiger partial charge on any atom is -0.484 e. The summed E-state index contributed by atoms with van der Waals surface area (Å²) in [5.41, 5.74) is 6.30. The van der Waals surface area contributed by atoms with Crippen LogP contribution in [0.2, 0.25) is 5.02 Å². The molecule has 0 radical (unpaired) electrons. The maximum Gasteiger partial charge on any atom is 0.323 e. The van der Waals surface area contributed by atoms with Gasteiger partial charge in [-0.15, -0.1) is 0 Å². The standard InChI is InChI=1S/C25H22ClN5O3/c1-16(22-14-27-23-5-3-2-4-21(22)23)30-31-24(32)15-34-20-12-10-19(11-13-20)29-25(33)28-18-8-6-17(26)7-9-18/h2-14,27H,15H2,1H3,(H,31,32)(H2,28,29,33)/b30-16+. The lowest BCUT2D eigenvalue weighted by atomic mass is 10.1. The number of urea groups is 1. The molecule has 9 heteroatoms. The molecular formula is C25H22ClN5O3. The van der Waals surface area contributed by atoms with Gasteiger partial charge in [-0.25, -0.2) is 10.2 Å². The molecule has 0 aliphatic rings. The number of para-hydroxylation sites is 1. The summed E-state index contributed by atoms with van der Waals surface area (Å²) in [6, 6.07) is 20.9. The Morgan fingerprint density at radius 1 is 0.941 bits per heavy atom. The molecule has 0 bridgehead atoms. The summed E-state index contributed by atoms with van der Waals surface area (Å²) in [4.78, 5) is 27.4. The first-order valence-corrected chi connectivity index (χ1v) is 10.8. The van der Waals surface area contributed by atoms with Gasteiger partial charge in [-0.05, 0) is 61.5 Å². The number of hydrazone groups is 1. The first-order valence-electron chi connectivity index (χ1n) is 10.4. The fraction of sp³-hybridized carbons (Fsp3) is 0.0800. The molecule has 0 saturated heterocycles. The van der Waals surface area contributed by atoms with Crippen LogP contribution >= 0.6 is 11.6 Å². The van der Waals surface area contributed by atoms with E-state index in [-0.39, 0.29) is 18.5 Å². The molecule has 0 aliphatic carbocycles. The van der Waals surface area contributed by atoms with Gasteiger partial charge in [-0.2, -0.15) is 5.10 Å². The normalized spacial score (nSPS) is 11.2. The zero-order chi connectivity index (χ0) is 23.9. The van der Waals surface area contributed by atoms with E-state index in [4.69, 9.17) is 16.3 Å². The molecule has 34 heavy (non-hydrogen) atoms. The minimum absolute atomic E-state index is 0.200. The second-order valence-electron chi connectivity index (χ2n) is 7.38. The summed E-state index contributed by atoms with van der Waals surface area (Å²) in [6.07, 6.45) is 1.86. The van der Waals surface area contributed by atoms with E-state index >= 15 is 0 Å². The van der Waals surface area contributed by atoms with Crippen LogP contribution in [0.5, 0.6) is 5.75 Å². The van der Waals surface area contributed by atoms with Crippen molar-refractivity contribution < 1.29 is 14.3 Å². The number of hydrogen-bond donors (Lipinski definition) is 4. The van der Waals surface area contributed by atoms with Crippen LogP contribution in [0.4, 0.5) is 16.2 Å². The van der Waals surface area contributed by atoms with Gasteiger partial charge >= 0.3 is 6.03 Å². The van der Waals surface area contributed by atoms with Gasteiger partial charge in [-0.3, -0.25) is 4.79 Å². The van der Waals surface area contributed by atoms with Crippen molar-refractivity contribution in [3.63, 3.8) is 0 Å². The zero-order valence-corrected chi connectivity index (χ0v) is 19.0. The van der Waals surface area contributed by atoms with Crippen molar-refractivity contribution in [1.29, 1.82) is 0 Å². The lowest BCUT2D eigenvalue weighted by Gasteiger charge is -2.09. The third-order valence-corrected chi connectivity index (χ3v) is 5.16. The number of carbonyl (C=O) groups excluding carboxylic acids is 2. The Hall–Kier alpha value is -4.30. The Morgan fingerprint density at radius 3 is 2.29 bits per heavy atom. The smallest absolute Gasteiger partial charge is 0.323 e. The molecule has 1 heterocycles. The van der Waals surface area contributed by atoms with Crippen LogP contribution in [0.15, 0.2) is 84.1 Å². The fourth-order valence-electron chi connectivity index (χ4n) is 3.22. The van der Waals surface area contributed by atoms with Crippen LogP contribution in [-0.2, 0) is 4.79 Å². The number of ether oxygens (including phenoxy) is 1. The van der Waals surface area contributed by atoms with Gasteiger partial charge in [0.2, 0.25) is 0 Å². The van der Waals surface area contributed by atoms with Gasteiger partial charge < -0.3 is 20.4 Å². The summed E-state index contributed by atoms with van der Waals surface area (Å²) < 4.78 is 5.50. The van der Waals surface area contributed by atoms with E-state index < -0.39 is 0 Å². The predicted octanol–water partition coefficient (Wildman–Crippen LogP) is 5.38. The number of aromatic amines is 1. The SMILES string of the molecule is C/C(=N\NC(=O)COc1ccc(NC(=O)Nc2ccc(Cl)cc2)cc1)c1c[nH]c2ccccc12. The molecule has 0 unspecified atom stereocenters. The number of aromatic nitrogens is 1. The Morgan fingerprint density at radius 2 is 1.59 bits per heavy atom. The molecule has 0 aliphatic heterocycles. The van der Waals surface area contributed by atoms with Crippen LogP contribution in [0.3, 0.4) is 0 Å². The number of nitrogens with one attached hydrogen (secondary N) is 4. The molecule has 0 spiro atoms. The Labute approximate surface area is 201 Å². The highest BCUT2D eigenvalue weighted by molar-refractivity contribution is 6.30. The first-order chi connectivity index (χ1) is 16.5. The number of anilines is 2. The molecule has 1 aromatic heterocycles. The van der Waals surface area contributed by atoms with Crippen LogP contribution < -0.4 is 20.8 Å². The fourth-order valence-corrected chi connectivity index (χ4v) is 3.35. The first kappa shape index (κ1) is 22.9. The predicted molar refractivity (Wildman–Crippen MR) is 135 cm³/mol. The topological polar surface area (TPSA) is 108 Å². The minimum atomic E-state index is -0.390. The van der Waals surface area contributed by atoms with Gasteiger partial charge in [0.25, 0.3) is 5.91 Å². The van der Waals surface area contributed by atoms with Crippen molar-refractivity contribution in [2.75, 3.05) is 17.2 Å². The highest BCUT2D eigenvalue weighted by Crippen LogP contribution is 2.19. The number of fused-ring (bicyclic) bond motifs is 1. The van der Waals surface area contributed by atoms with Gasteiger partial charge in [0.05, 0.1) is 5.71 Å². The average molecular weight is 476 g/mol. The van der Waals surface area contributed by atoms with E-state index in [1.54, 1.807) is 48.5 Å². The summed E-state index contributed by atoms with van der Waals surface area (Å²) in [5.74, 6) is 0.0971. The number of hydrogen-bond acceptors (Lipinski definition) is 4. The molecule has 0 atom stereocenters. The van der Waals surface area contributed by atoms with E-state index in [0.29, 0.717) is 27.9 Å². The second-order valence-corrected chi connectivity index (χ2v) is 7.82. The molecule has 4 rings (SSSR count). The van der Waals surface area contributed by atoms with Crippen LogP contribution in [0.1, 0.15) is 12.5 Å². The zero-order valence-electron chi connectivity index (χ0n) is 18.3. The molecule has 4 N–H and O–H groups in total. The Kier molecular flexibility index (Phi) is 7.10. The summed E-state index contributed by atoms with van der Waals surface area (Å²) in [7, 11) is 0. The third-order valence-electron chi connectivity index (χ3n) is 4.91. The van der Waals surface area contributed by atoms with Crippen molar-refractivity contribution in [1.82, 2.24) is 10.4 Å². The van der Waals surface area contributed by atoms with Crippen LogP contribution in [0, 0.1) is 0 Å². The van der Waals surface area contributed by atoms with Gasteiger partial charge in [0, 0.05) is 39.1 Å². The third kappa shape index (κ3) is 5.93. The Balaban J connectivity index is 1.25. The van der Waals surface area contributed by atoms with Crippen LogP contribution in [-0.4, -0.2) is 29.2 Å². The summed E-state index contributed by atoms with van der Waals surface area (Å²) >= 11 is 5.84. The van der Waals surface area contributed by atoms with Crippen LogP contribution in [0.25, 0.3) is 10.9 Å². The van der Waals surface area contributed by atoms with E-state index in [9.17, 15) is 9.59 Å². The largest absolute Gasteiger partial charge is 0.484 e. The summed E-state index contributed by atoms with van der Waals surface area (Å²) in [5, 5.41) is 11.2. The number of carbonyl (C=O) groups is 2. The molecular weight excluding hydrogens is 454 g/mol. The van der Waals surface area contributed by atoms with Crippen molar-refractivity contribution in [3.8, 4) is 5.75 Å². The highest BCUT2D eigenvalue weighted by atomic mass is 35.5. The molecule has 4 aromatic rings. The van der Waals surface area contributed by atoms with Crippen molar-refractivity contribution >= 4 is 51.5 Å². The van der Waals surface area contributed by atoms with Crippen molar-refractivity contribution in [2.24, 2.45) is 5.10 Å². The molecule has 8 nitrogen and oxygen atoms in total. The second kappa shape index (κ2) is 10.5. The lowest BCUT2D eigenvalue weighted by Crippen LogP contribution is -2.25.